The van der Waals surface area contributed by atoms with Gasteiger partial charge in [-0.2, -0.15) is 0 Å². The Bertz CT molecular complexity index is 375. The number of nitrogens with two attached hydrogens (primary N) is 1. The number of pyridine rings is 1. The van der Waals surface area contributed by atoms with Gasteiger partial charge in [-0.05, 0) is 24.5 Å². The fourth-order valence-electron chi connectivity index (χ4n) is 1.99. The van der Waals surface area contributed by atoms with Gasteiger partial charge in [0, 0.05) is 19.3 Å². The molecule has 15 heavy (non-hydrogen) atoms. The predicted octanol–water partition coefficient (Wildman–Crippen LogP) is 1.21. The van der Waals surface area contributed by atoms with E-state index in [1.807, 2.05) is 12.1 Å². The quantitative estimate of drug-likeness (QED) is 0.562. The van der Waals surface area contributed by atoms with Crippen LogP contribution in [0.4, 0.5) is 5.82 Å². The molecule has 0 spiro atoms. The van der Waals surface area contributed by atoms with Crippen molar-refractivity contribution in [1.29, 1.82) is 5.41 Å². The standard InChI is InChI=1S/C11H16N4/c1-8-4-6-15(7-8)11-9(10(12)13)3-2-5-14-11/h2-3,5,8H,4,6-7H2,1H3,(H3,12,13). The van der Waals surface area contributed by atoms with Crippen LogP contribution in [0.15, 0.2) is 18.3 Å². The molecule has 0 bridgehead atoms. The van der Waals surface area contributed by atoms with Crippen LogP contribution in [0.2, 0.25) is 0 Å². The third-order valence-electron chi connectivity index (χ3n) is 2.80. The molecule has 80 valence electrons. The molecule has 0 aliphatic carbocycles. The van der Waals surface area contributed by atoms with Crippen molar-refractivity contribution in [1.82, 2.24) is 4.98 Å². The SMILES string of the molecule is CC1CCN(c2ncccc2C(=N)N)C1. The lowest BCUT2D eigenvalue weighted by atomic mass is 10.2. The van der Waals surface area contributed by atoms with E-state index in [1.165, 1.54) is 6.42 Å². The summed E-state index contributed by atoms with van der Waals surface area (Å²) in [6, 6.07) is 3.67. The molecule has 2 heterocycles. The van der Waals surface area contributed by atoms with Gasteiger partial charge in [-0.1, -0.05) is 6.92 Å². The maximum Gasteiger partial charge on any atom is 0.139 e. The van der Waals surface area contributed by atoms with Crippen molar-refractivity contribution in [2.45, 2.75) is 13.3 Å². The van der Waals surface area contributed by atoms with Gasteiger partial charge in [0.25, 0.3) is 0 Å². The van der Waals surface area contributed by atoms with Crippen molar-refractivity contribution in [3.05, 3.63) is 23.9 Å². The van der Waals surface area contributed by atoms with Crippen molar-refractivity contribution in [2.24, 2.45) is 11.7 Å². The number of hydrogen-bond acceptors (Lipinski definition) is 3. The van der Waals surface area contributed by atoms with Crippen molar-refractivity contribution >= 4 is 11.7 Å². The summed E-state index contributed by atoms with van der Waals surface area (Å²) in [5.74, 6) is 1.65. The van der Waals surface area contributed by atoms with E-state index in [4.69, 9.17) is 11.1 Å². The Balaban J connectivity index is 2.31. The number of nitrogen functional groups attached to an aromatic ring is 1. The molecule has 1 aromatic heterocycles. The van der Waals surface area contributed by atoms with Gasteiger partial charge in [0.15, 0.2) is 0 Å². The highest BCUT2D eigenvalue weighted by molar-refractivity contribution is 5.99. The minimum absolute atomic E-state index is 0.0950. The highest BCUT2D eigenvalue weighted by atomic mass is 15.2. The van der Waals surface area contributed by atoms with Crippen LogP contribution in [-0.2, 0) is 0 Å². The Morgan fingerprint density at radius 2 is 2.47 bits per heavy atom. The Kier molecular flexibility index (Phi) is 2.58. The van der Waals surface area contributed by atoms with Crippen LogP contribution in [0.1, 0.15) is 18.9 Å². The van der Waals surface area contributed by atoms with Gasteiger partial charge in [-0.25, -0.2) is 4.98 Å². The van der Waals surface area contributed by atoms with E-state index < -0.39 is 0 Å². The average molecular weight is 204 g/mol. The summed E-state index contributed by atoms with van der Waals surface area (Å²) < 4.78 is 0. The summed E-state index contributed by atoms with van der Waals surface area (Å²) in [7, 11) is 0. The van der Waals surface area contributed by atoms with Crippen molar-refractivity contribution in [2.75, 3.05) is 18.0 Å². The van der Waals surface area contributed by atoms with E-state index in [0.717, 1.165) is 24.5 Å². The number of amidine groups is 1. The molecule has 1 fully saturated rings. The lowest BCUT2D eigenvalue weighted by molar-refractivity contribution is 0.659. The molecular formula is C11H16N4. The lowest BCUT2D eigenvalue weighted by Crippen LogP contribution is -2.25. The first-order valence-corrected chi connectivity index (χ1v) is 5.23. The summed E-state index contributed by atoms with van der Waals surface area (Å²) in [6.07, 6.45) is 2.94. The van der Waals surface area contributed by atoms with Gasteiger partial charge < -0.3 is 10.6 Å². The number of rotatable bonds is 2. The van der Waals surface area contributed by atoms with Crippen molar-refractivity contribution < 1.29 is 0 Å². The smallest absolute Gasteiger partial charge is 0.139 e. The van der Waals surface area contributed by atoms with Crippen molar-refractivity contribution in [3.8, 4) is 0 Å². The molecule has 1 saturated heterocycles. The molecule has 1 aliphatic heterocycles. The summed E-state index contributed by atoms with van der Waals surface area (Å²) in [5, 5.41) is 7.50. The summed E-state index contributed by atoms with van der Waals surface area (Å²) >= 11 is 0. The van der Waals surface area contributed by atoms with Gasteiger partial charge in [0.1, 0.15) is 11.7 Å². The summed E-state index contributed by atoms with van der Waals surface area (Å²) in [4.78, 5) is 6.53. The third-order valence-corrected chi connectivity index (χ3v) is 2.80. The van der Waals surface area contributed by atoms with E-state index in [0.29, 0.717) is 5.92 Å². The van der Waals surface area contributed by atoms with Crippen LogP contribution in [0.25, 0.3) is 0 Å². The number of nitrogens with one attached hydrogen (secondary N) is 1. The first-order chi connectivity index (χ1) is 7.18. The number of aromatic nitrogens is 1. The number of nitrogens with zero attached hydrogens (tertiary/aromatic N) is 2. The first-order valence-electron chi connectivity index (χ1n) is 5.23. The van der Waals surface area contributed by atoms with E-state index in [-0.39, 0.29) is 5.84 Å². The highest BCUT2D eigenvalue weighted by Gasteiger charge is 2.22. The molecule has 1 aliphatic rings. The normalized spacial score (nSPS) is 20.6. The molecule has 4 nitrogen and oxygen atoms in total. The maximum absolute atomic E-state index is 7.50. The monoisotopic (exact) mass is 204 g/mol. The second kappa shape index (κ2) is 3.88. The lowest BCUT2D eigenvalue weighted by Gasteiger charge is -2.19. The zero-order valence-corrected chi connectivity index (χ0v) is 8.90. The Morgan fingerprint density at radius 3 is 3.07 bits per heavy atom. The van der Waals surface area contributed by atoms with E-state index in [1.54, 1.807) is 6.20 Å². The number of hydrogen-bond donors (Lipinski definition) is 2. The van der Waals surface area contributed by atoms with Crippen molar-refractivity contribution in [3.63, 3.8) is 0 Å². The van der Waals surface area contributed by atoms with Crippen LogP contribution in [0, 0.1) is 11.3 Å². The first kappa shape index (κ1) is 9.96. The second-order valence-electron chi connectivity index (χ2n) is 4.13. The molecule has 0 radical (unpaired) electrons. The van der Waals surface area contributed by atoms with Crippen LogP contribution < -0.4 is 10.6 Å². The Labute approximate surface area is 89.6 Å². The minimum Gasteiger partial charge on any atom is -0.384 e. The largest absolute Gasteiger partial charge is 0.384 e. The molecule has 2 rings (SSSR count). The molecule has 1 aromatic rings. The van der Waals surface area contributed by atoms with Gasteiger partial charge in [-0.3, -0.25) is 5.41 Å². The van der Waals surface area contributed by atoms with Gasteiger partial charge in [-0.15, -0.1) is 0 Å². The zero-order chi connectivity index (χ0) is 10.8. The van der Waals surface area contributed by atoms with E-state index in [2.05, 4.69) is 16.8 Å². The zero-order valence-electron chi connectivity index (χ0n) is 8.90. The number of anilines is 1. The average Bonchev–Trinajstić information content (AvgIpc) is 2.65. The predicted molar refractivity (Wildman–Crippen MR) is 61.2 cm³/mol. The second-order valence-corrected chi connectivity index (χ2v) is 4.13. The molecule has 0 aromatic carbocycles. The van der Waals surface area contributed by atoms with Gasteiger partial charge >= 0.3 is 0 Å². The Hall–Kier alpha value is -1.58. The van der Waals surface area contributed by atoms with E-state index >= 15 is 0 Å². The molecule has 3 N–H and O–H groups in total. The van der Waals surface area contributed by atoms with E-state index in [9.17, 15) is 0 Å². The van der Waals surface area contributed by atoms with Crippen LogP contribution >= 0.6 is 0 Å². The van der Waals surface area contributed by atoms with Crippen LogP contribution in [0.5, 0.6) is 0 Å². The van der Waals surface area contributed by atoms with Crippen LogP contribution in [0.3, 0.4) is 0 Å². The molecular weight excluding hydrogens is 188 g/mol. The maximum atomic E-state index is 7.50. The fraction of sp³-hybridized carbons (Fsp3) is 0.455. The molecule has 1 atom stereocenters. The minimum atomic E-state index is 0.0950. The van der Waals surface area contributed by atoms with Crippen LogP contribution in [-0.4, -0.2) is 23.9 Å². The van der Waals surface area contributed by atoms with Gasteiger partial charge in [0.2, 0.25) is 0 Å². The summed E-state index contributed by atoms with van der Waals surface area (Å²) in [5.41, 5.74) is 6.28. The molecule has 1 unspecified atom stereocenters. The summed E-state index contributed by atoms with van der Waals surface area (Å²) in [6.45, 7) is 4.26. The topological polar surface area (TPSA) is 66.0 Å². The molecule has 0 amide bonds. The van der Waals surface area contributed by atoms with Gasteiger partial charge in [0.05, 0.1) is 5.56 Å². The molecule has 0 saturated carbocycles. The fourth-order valence-corrected chi connectivity index (χ4v) is 1.99. The molecule has 4 heteroatoms. The Morgan fingerprint density at radius 1 is 1.67 bits per heavy atom. The highest BCUT2D eigenvalue weighted by Crippen LogP contribution is 2.24. The third kappa shape index (κ3) is 1.93.